The number of H-pyrrole nitrogens is 1. The van der Waals surface area contributed by atoms with E-state index in [1.54, 1.807) is 0 Å². The number of aromatic nitrogens is 2. The molecule has 17 heavy (non-hydrogen) atoms. The number of nitrogens with zero attached hydrogens (tertiary/aromatic N) is 1. The molecule has 2 aromatic rings. The number of amides is 1. The molecular weight excluding hydrogens is 218 g/mol. The van der Waals surface area contributed by atoms with Crippen molar-refractivity contribution in [3.05, 3.63) is 53.9 Å². The number of aliphatic hydroxyl groups excluding tert-OH is 1. The van der Waals surface area contributed by atoms with Gasteiger partial charge in [-0.3, -0.25) is 9.89 Å². The third kappa shape index (κ3) is 2.70. The number of aliphatic hydroxyl groups is 1. The molecule has 0 saturated carbocycles. The molecule has 0 aliphatic carbocycles. The summed E-state index contributed by atoms with van der Waals surface area (Å²) in [5, 5.41) is 18.3. The minimum atomic E-state index is -0.404. The normalized spacial score (nSPS) is 12.1. The smallest absolute Gasteiger partial charge is 0.255 e. The van der Waals surface area contributed by atoms with Crippen LogP contribution in [0, 0.1) is 0 Å². The maximum absolute atomic E-state index is 11.8. The fraction of sp³-hybridized carbons (Fsp3) is 0.167. The van der Waals surface area contributed by atoms with E-state index in [1.807, 2.05) is 30.3 Å². The molecule has 3 N–H and O–H groups in total. The quantitative estimate of drug-likeness (QED) is 0.730. The second kappa shape index (κ2) is 5.27. The Balaban J connectivity index is 2.09. The lowest BCUT2D eigenvalue weighted by molar-refractivity contribution is 0.0916. The lowest BCUT2D eigenvalue weighted by atomic mass is 10.1. The molecule has 88 valence electrons. The summed E-state index contributed by atoms with van der Waals surface area (Å²) in [6, 6.07) is 8.92. The number of carbonyl (C=O) groups excluding carboxylic acids is 1. The van der Waals surface area contributed by atoms with Gasteiger partial charge in [-0.2, -0.15) is 5.10 Å². The van der Waals surface area contributed by atoms with E-state index < -0.39 is 6.04 Å². The van der Waals surface area contributed by atoms with E-state index >= 15 is 0 Å². The third-order valence-electron chi connectivity index (χ3n) is 2.45. The Morgan fingerprint density at radius 1 is 1.41 bits per heavy atom. The molecule has 0 aliphatic heterocycles. The largest absolute Gasteiger partial charge is 0.394 e. The Morgan fingerprint density at radius 2 is 2.18 bits per heavy atom. The number of nitrogens with one attached hydrogen (secondary N) is 2. The molecule has 0 radical (unpaired) electrons. The highest BCUT2D eigenvalue weighted by Gasteiger charge is 2.14. The predicted octanol–water partition coefficient (Wildman–Crippen LogP) is 0.873. The van der Waals surface area contributed by atoms with Crippen molar-refractivity contribution in [1.82, 2.24) is 15.5 Å². The van der Waals surface area contributed by atoms with Gasteiger partial charge in [-0.1, -0.05) is 30.3 Å². The van der Waals surface area contributed by atoms with Crippen LogP contribution in [-0.4, -0.2) is 27.8 Å². The molecule has 1 heterocycles. The molecule has 1 aromatic carbocycles. The van der Waals surface area contributed by atoms with Gasteiger partial charge in [0.25, 0.3) is 5.91 Å². The van der Waals surface area contributed by atoms with E-state index in [1.165, 1.54) is 12.4 Å². The van der Waals surface area contributed by atoms with E-state index in [4.69, 9.17) is 0 Å². The van der Waals surface area contributed by atoms with Crippen molar-refractivity contribution in [2.75, 3.05) is 6.61 Å². The van der Waals surface area contributed by atoms with Crippen LogP contribution in [-0.2, 0) is 0 Å². The van der Waals surface area contributed by atoms with Crippen LogP contribution < -0.4 is 5.32 Å². The van der Waals surface area contributed by atoms with Crippen molar-refractivity contribution in [3.8, 4) is 0 Å². The van der Waals surface area contributed by atoms with E-state index in [9.17, 15) is 9.90 Å². The molecule has 1 atom stereocenters. The van der Waals surface area contributed by atoms with Crippen LogP contribution in [0.2, 0.25) is 0 Å². The SMILES string of the molecule is O=C(NC(CO)c1ccccc1)c1cn[nH]c1. The number of aromatic amines is 1. The zero-order valence-corrected chi connectivity index (χ0v) is 9.13. The Kier molecular flexibility index (Phi) is 3.52. The molecule has 0 bridgehead atoms. The molecule has 1 aromatic heterocycles. The monoisotopic (exact) mass is 231 g/mol. The molecule has 0 fully saturated rings. The van der Waals surface area contributed by atoms with Crippen molar-refractivity contribution in [2.24, 2.45) is 0 Å². The van der Waals surface area contributed by atoms with E-state index in [0.717, 1.165) is 5.56 Å². The van der Waals surface area contributed by atoms with Crippen LogP contribution in [0.3, 0.4) is 0 Å². The maximum atomic E-state index is 11.8. The number of carbonyl (C=O) groups is 1. The average Bonchev–Trinajstić information content (AvgIpc) is 2.90. The first-order chi connectivity index (χ1) is 8.31. The first-order valence-corrected chi connectivity index (χ1v) is 5.26. The second-order valence-electron chi connectivity index (χ2n) is 3.61. The van der Waals surface area contributed by atoms with Crippen molar-refractivity contribution in [3.63, 3.8) is 0 Å². The van der Waals surface area contributed by atoms with Crippen LogP contribution in [0.4, 0.5) is 0 Å². The van der Waals surface area contributed by atoms with Gasteiger partial charge in [0, 0.05) is 6.20 Å². The van der Waals surface area contributed by atoms with Crippen LogP contribution in [0.1, 0.15) is 22.0 Å². The van der Waals surface area contributed by atoms with Crippen molar-refractivity contribution in [1.29, 1.82) is 0 Å². The highest BCUT2D eigenvalue weighted by Crippen LogP contribution is 2.12. The molecule has 1 amide bonds. The fourth-order valence-electron chi connectivity index (χ4n) is 1.54. The van der Waals surface area contributed by atoms with Gasteiger partial charge in [0.1, 0.15) is 0 Å². The lowest BCUT2D eigenvalue weighted by Gasteiger charge is -2.15. The molecule has 2 rings (SSSR count). The van der Waals surface area contributed by atoms with Crippen molar-refractivity contribution in [2.45, 2.75) is 6.04 Å². The van der Waals surface area contributed by atoms with Gasteiger partial charge in [0.05, 0.1) is 24.4 Å². The molecule has 5 nitrogen and oxygen atoms in total. The summed E-state index contributed by atoms with van der Waals surface area (Å²) in [4.78, 5) is 11.8. The minimum absolute atomic E-state index is 0.145. The molecule has 0 spiro atoms. The van der Waals surface area contributed by atoms with Gasteiger partial charge < -0.3 is 10.4 Å². The second-order valence-corrected chi connectivity index (χ2v) is 3.61. The first kappa shape index (κ1) is 11.3. The summed E-state index contributed by atoms with van der Waals surface area (Å²) >= 11 is 0. The maximum Gasteiger partial charge on any atom is 0.255 e. The van der Waals surface area contributed by atoms with Crippen LogP contribution in [0.25, 0.3) is 0 Å². The number of rotatable bonds is 4. The predicted molar refractivity (Wildman–Crippen MR) is 62.3 cm³/mol. The molecule has 1 unspecified atom stereocenters. The molecule has 0 saturated heterocycles. The lowest BCUT2D eigenvalue weighted by Crippen LogP contribution is -2.30. The topological polar surface area (TPSA) is 78.0 Å². The molecular formula is C12H13N3O2. The van der Waals surface area contributed by atoms with E-state index in [0.29, 0.717) is 5.56 Å². The zero-order chi connectivity index (χ0) is 12.1. The van der Waals surface area contributed by atoms with E-state index in [-0.39, 0.29) is 12.5 Å². The van der Waals surface area contributed by atoms with Gasteiger partial charge in [0.2, 0.25) is 0 Å². The summed E-state index contributed by atoms with van der Waals surface area (Å²) in [6.45, 7) is -0.145. The fourth-order valence-corrected chi connectivity index (χ4v) is 1.54. The van der Waals surface area contributed by atoms with Crippen LogP contribution >= 0.6 is 0 Å². The average molecular weight is 231 g/mol. The van der Waals surface area contributed by atoms with Gasteiger partial charge >= 0.3 is 0 Å². The zero-order valence-electron chi connectivity index (χ0n) is 9.13. The first-order valence-electron chi connectivity index (χ1n) is 5.26. The van der Waals surface area contributed by atoms with Crippen LogP contribution in [0.15, 0.2) is 42.7 Å². The number of benzene rings is 1. The summed E-state index contributed by atoms with van der Waals surface area (Å²) < 4.78 is 0. The summed E-state index contributed by atoms with van der Waals surface area (Å²) in [5.41, 5.74) is 1.31. The highest BCUT2D eigenvalue weighted by molar-refractivity contribution is 5.93. The van der Waals surface area contributed by atoms with Gasteiger partial charge in [-0.05, 0) is 5.56 Å². The van der Waals surface area contributed by atoms with E-state index in [2.05, 4.69) is 15.5 Å². The third-order valence-corrected chi connectivity index (χ3v) is 2.45. The standard InChI is InChI=1S/C12H13N3O2/c16-8-11(9-4-2-1-3-5-9)15-12(17)10-6-13-14-7-10/h1-7,11,16H,8H2,(H,13,14)(H,15,17). The summed E-state index contributed by atoms with van der Waals surface area (Å²) in [5.74, 6) is -0.262. The Labute approximate surface area is 98.5 Å². The summed E-state index contributed by atoms with van der Waals surface area (Å²) in [6.07, 6.45) is 2.95. The summed E-state index contributed by atoms with van der Waals surface area (Å²) in [7, 11) is 0. The number of hydrogen-bond donors (Lipinski definition) is 3. The van der Waals surface area contributed by atoms with Crippen molar-refractivity contribution < 1.29 is 9.90 Å². The van der Waals surface area contributed by atoms with Gasteiger partial charge in [-0.15, -0.1) is 0 Å². The van der Waals surface area contributed by atoms with Gasteiger partial charge in [-0.25, -0.2) is 0 Å². The van der Waals surface area contributed by atoms with Crippen molar-refractivity contribution >= 4 is 5.91 Å². The van der Waals surface area contributed by atoms with Crippen LogP contribution in [0.5, 0.6) is 0 Å². The molecule has 0 aliphatic rings. The number of hydrogen-bond acceptors (Lipinski definition) is 3. The minimum Gasteiger partial charge on any atom is -0.394 e. The Hall–Kier alpha value is -2.14. The Morgan fingerprint density at radius 3 is 2.76 bits per heavy atom. The Bertz CT molecular complexity index is 468. The van der Waals surface area contributed by atoms with Gasteiger partial charge in [0.15, 0.2) is 0 Å². The highest BCUT2D eigenvalue weighted by atomic mass is 16.3. The molecule has 5 heteroatoms.